The van der Waals surface area contributed by atoms with Crippen LogP contribution in [0.3, 0.4) is 0 Å². The minimum atomic E-state index is -0.336. The number of amides is 2. The molecule has 0 unspecified atom stereocenters. The molecule has 0 saturated carbocycles. The molecule has 1 aliphatic heterocycles. The van der Waals surface area contributed by atoms with E-state index in [-0.39, 0.29) is 11.8 Å². The van der Waals surface area contributed by atoms with Crippen LogP contribution in [-0.4, -0.2) is 11.8 Å². The summed E-state index contributed by atoms with van der Waals surface area (Å²) in [5.41, 5.74) is 3.88. The van der Waals surface area contributed by atoms with Gasteiger partial charge in [-0.15, -0.1) is 0 Å². The van der Waals surface area contributed by atoms with E-state index in [4.69, 9.17) is 0 Å². The van der Waals surface area contributed by atoms with Gasteiger partial charge in [-0.2, -0.15) is 0 Å². The standard InChI is InChI=1S/C16H14N2O2/c1-10-4-2-5-11(8-10)9-17-13-7-3-6-12-14(13)16(20)18-15(12)19/h2-8,17H,9H2,1H3,(H,18,19,20). The molecule has 0 aliphatic carbocycles. The van der Waals surface area contributed by atoms with Crippen molar-refractivity contribution >= 4 is 17.5 Å². The minimum absolute atomic E-state index is 0.329. The lowest BCUT2D eigenvalue weighted by atomic mass is 10.1. The largest absolute Gasteiger partial charge is 0.380 e. The minimum Gasteiger partial charge on any atom is -0.380 e. The van der Waals surface area contributed by atoms with Gasteiger partial charge in [0.25, 0.3) is 11.8 Å². The van der Waals surface area contributed by atoms with Gasteiger partial charge in [0.2, 0.25) is 0 Å². The van der Waals surface area contributed by atoms with Crippen LogP contribution in [0, 0.1) is 6.92 Å². The van der Waals surface area contributed by atoms with Crippen molar-refractivity contribution in [3.8, 4) is 0 Å². The molecular weight excluding hydrogens is 252 g/mol. The average molecular weight is 266 g/mol. The summed E-state index contributed by atoms with van der Waals surface area (Å²) >= 11 is 0. The fraction of sp³-hybridized carbons (Fsp3) is 0.125. The molecule has 0 saturated heterocycles. The predicted molar refractivity (Wildman–Crippen MR) is 76.7 cm³/mol. The van der Waals surface area contributed by atoms with Crippen molar-refractivity contribution < 1.29 is 9.59 Å². The number of imide groups is 1. The summed E-state index contributed by atoms with van der Waals surface area (Å²) in [6.45, 7) is 2.65. The molecule has 3 rings (SSSR count). The fourth-order valence-corrected chi connectivity index (χ4v) is 2.39. The second kappa shape index (κ2) is 4.81. The first-order chi connectivity index (χ1) is 9.65. The molecule has 1 aliphatic rings. The van der Waals surface area contributed by atoms with Crippen LogP contribution in [0.4, 0.5) is 5.69 Å². The van der Waals surface area contributed by atoms with Crippen molar-refractivity contribution in [2.45, 2.75) is 13.5 Å². The van der Waals surface area contributed by atoms with Gasteiger partial charge < -0.3 is 5.32 Å². The molecule has 0 aromatic heterocycles. The summed E-state index contributed by atoms with van der Waals surface area (Å²) in [7, 11) is 0. The number of carbonyl (C=O) groups is 2. The van der Waals surface area contributed by atoms with Crippen molar-refractivity contribution in [2.75, 3.05) is 5.32 Å². The Balaban J connectivity index is 1.86. The zero-order valence-corrected chi connectivity index (χ0v) is 11.1. The molecular formula is C16H14N2O2. The lowest BCUT2D eigenvalue weighted by Gasteiger charge is -2.10. The number of carbonyl (C=O) groups excluding carboxylic acids is 2. The van der Waals surface area contributed by atoms with Crippen LogP contribution in [0.15, 0.2) is 42.5 Å². The van der Waals surface area contributed by atoms with E-state index >= 15 is 0 Å². The molecule has 2 aromatic carbocycles. The topological polar surface area (TPSA) is 58.2 Å². The molecule has 2 amide bonds. The maximum Gasteiger partial charge on any atom is 0.261 e. The molecule has 0 fully saturated rings. The zero-order valence-electron chi connectivity index (χ0n) is 11.1. The molecule has 0 spiro atoms. The van der Waals surface area contributed by atoms with Crippen molar-refractivity contribution in [2.24, 2.45) is 0 Å². The molecule has 20 heavy (non-hydrogen) atoms. The van der Waals surface area contributed by atoms with Crippen LogP contribution in [0.2, 0.25) is 0 Å². The molecule has 2 aromatic rings. The number of fused-ring (bicyclic) bond motifs is 1. The number of benzene rings is 2. The summed E-state index contributed by atoms with van der Waals surface area (Å²) in [6.07, 6.45) is 0. The van der Waals surface area contributed by atoms with E-state index in [0.717, 1.165) is 5.56 Å². The molecule has 0 atom stereocenters. The lowest BCUT2D eigenvalue weighted by molar-refractivity contribution is 0.0880. The highest BCUT2D eigenvalue weighted by Crippen LogP contribution is 2.24. The van der Waals surface area contributed by atoms with Crippen LogP contribution >= 0.6 is 0 Å². The Morgan fingerprint density at radius 2 is 1.85 bits per heavy atom. The van der Waals surface area contributed by atoms with Crippen LogP contribution in [0.5, 0.6) is 0 Å². The number of aryl methyl sites for hydroxylation is 1. The first kappa shape index (κ1) is 12.4. The number of hydrogen-bond donors (Lipinski definition) is 2. The summed E-state index contributed by atoms with van der Waals surface area (Å²) in [6, 6.07) is 13.4. The third kappa shape index (κ3) is 2.16. The number of nitrogens with one attached hydrogen (secondary N) is 2. The van der Waals surface area contributed by atoms with E-state index in [2.05, 4.69) is 16.7 Å². The Hall–Kier alpha value is -2.62. The highest BCUT2D eigenvalue weighted by Gasteiger charge is 2.28. The smallest absolute Gasteiger partial charge is 0.261 e. The third-order valence-electron chi connectivity index (χ3n) is 3.33. The quantitative estimate of drug-likeness (QED) is 0.839. The summed E-state index contributed by atoms with van der Waals surface area (Å²) in [5.74, 6) is -0.665. The van der Waals surface area contributed by atoms with Crippen molar-refractivity contribution in [1.82, 2.24) is 5.32 Å². The molecule has 100 valence electrons. The predicted octanol–water partition coefficient (Wildman–Crippen LogP) is 2.49. The zero-order chi connectivity index (χ0) is 14.1. The Bertz CT molecular complexity index is 707. The van der Waals surface area contributed by atoms with E-state index in [0.29, 0.717) is 23.4 Å². The Kier molecular flexibility index (Phi) is 2.99. The number of hydrogen-bond acceptors (Lipinski definition) is 3. The van der Waals surface area contributed by atoms with Gasteiger partial charge in [-0.3, -0.25) is 14.9 Å². The normalized spacial score (nSPS) is 13.1. The SMILES string of the molecule is Cc1cccc(CNc2cccc3c2C(=O)NC3=O)c1. The van der Waals surface area contributed by atoms with Crippen LogP contribution in [0.25, 0.3) is 0 Å². The highest BCUT2D eigenvalue weighted by molar-refractivity contribution is 6.23. The molecule has 4 heteroatoms. The maximum atomic E-state index is 11.8. The lowest BCUT2D eigenvalue weighted by Crippen LogP contribution is -2.20. The number of anilines is 1. The number of rotatable bonds is 3. The van der Waals surface area contributed by atoms with Gasteiger partial charge in [-0.05, 0) is 24.6 Å². The van der Waals surface area contributed by atoms with Crippen molar-refractivity contribution in [3.63, 3.8) is 0 Å². The van der Waals surface area contributed by atoms with E-state index in [1.807, 2.05) is 31.2 Å². The molecule has 4 nitrogen and oxygen atoms in total. The molecule has 2 N–H and O–H groups in total. The Labute approximate surface area is 116 Å². The average Bonchev–Trinajstić information content (AvgIpc) is 2.73. The van der Waals surface area contributed by atoms with Gasteiger partial charge in [-0.25, -0.2) is 0 Å². The molecule has 0 bridgehead atoms. The second-order valence-corrected chi connectivity index (χ2v) is 4.85. The first-order valence-corrected chi connectivity index (χ1v) is 6.43. The van der Waals surface area contributed by atoms with Crippen LogP contribution in [-0.2, 0) is 6.54 Å². The van der Waals surface area contributed by atoms with Crippen LogP contribution in [0.1, 0.15) is 31.8 Å². The van der Waals surface area contributed by atoms with E-state index in [9.17, 15) is 9.59 Å². The second-order valence-electron chi connectivity index (χ2n) is 4.85. The van der Waals surface area contributed by atoms with Gasteiger partial charge >= 0.3 is 0 Å². The van der Waals surface area contributed by atoms with Gasteiger partial charge in [-0.1, -0.05) is 35.9 Å². The monoisotopic (exact) mass is 266 g/mol. The van der Waals surface area contributed by atoms with E-state index in [1.54, 1.807) is 12.1 Å². The van der Waals surface area contributed by atoms with E-state index < -0.39 is 0 Å². The highest BCUT2D eigenvalue weighted by atomic mass is 16.2. The first-order valence-electron chi connectivity index (χ1n) is 6.43. The van der Waals surface area contributed by atoms with Gasteiger partial charge in [0.05, 0.1) is 11.1 Å². The molecule has 0 radical (unpaired) electrons. The van der Waals surface area contributed by atoms with Gasteiger partial charge in [0.15, 0.2) is 0 Å². The summed E-state index contributed by atoms with van der Waals surface area (Å²) in [4.78, 5) is 23.4. The Morgan fingerprint density at radius 1 is 1.05 bits per heavy atom. The van der Waals surface area contributed by atoms with Crippen molar-refractivity contribution in [1.29, 1.82) is 0 Å². The van der Waals surface area contributed by atoms with Gasteiger partial charge in [0, 0.05) is 12.2 Å². The summed E-state index contributed by atoms with van der Waals surface area (Å²) < 4.78 is 0. The van der Waals surface area contributed by atoms with E-state index in [1.165, 1.54) is 5.56 Å². The fourth-order valence-electron chi connectivity index (χ4n) is 2.39. The van der Waals surface area contributed by atoms with Crippen molar-refractivity contribution in [3.05, 3.63) is 64.7 Å². The summed E-state index contributed by atoms with van der Waals surface area (Å²) in [5, 5.41) is 5.54. The van der Waals surface area contributed by atoms with Gasteiger partial charge in [0.1, 0.15) is 0 Å². The third-order valence-corrected chi connectivity index (χ3v) is 3.33. The Morgan fingerprint density at radius 3 is 2.65 bits per heavy atom. The molecule has 1 heterocycles. The van der Waals surface area contributed by atoms with Crippen LogP contribution < -0.4 is 10.6 Å². The maximum absolute atomic E-state index is 11.8.